The number of anilines is 1. The van der Waals surface area contributed by atoms with Gasteiger partial charge in [-0.05, 0) is 54.4 Å². The summed E-state index contributed by atoms with van der Waals surface area (Å²) in [5.74, 6) is 0.291. The molecule has 0 aliphatic carbocycles. The molecule has 1 amide bonds. The van der Waals surface area contributed by atoms with Crippen LogP contribution in [0.15, 0.2) is 77.6 Å². The average molecular weight is 399 g/mol. The molecule has 30 heavy (non-hydrogen) atoms. The molecule has 4 aromatic rings. The van der Waals surface area contributed by atoms with Crippen LogP contribution in [0.4, 0.5) is 5.69 Å². The minimum Gasteiger partial charge on any atom is -0.497 e. The Morgan fingerprint density at radius 2 is 1.63 bits per heavy atom. The van der Waals surface area contributed by atoms with Crippen molar-refractivity contribution in [2.24, 2.45) is 0 Å². The highest BCUT2D eigenvalue weighted by molar-refractivity contribution is 6.11. The van der Waals surface area contributed by atoms with Crippen LogP contribution in [0.5, 0.6) is 5.75 Å². The van der Waals surface area contributed by atoms with Gasteiger partial charge in [0.1, 0.15) is 5.75 Å². The fourth-order valence-corrected chi connectivity index (χ4v) is 3.27. The molecule has 6 nitrogen and oxygen atoms in total. The predicted octanol–water partition coefficient (Wildman–Crippen LogP) is 4.21. The van der Waals surface area contributed by atoms with Crippen LogP contribution < -0.4 is 15.6 Å². The number of methoxy groups -OCH3 is 1. The van der Waals surface area contributed by atoms with Crippen molar-refractivity contribution >= 4 is 22.4 Å². The normalized spacial score (nSPS) is 10.7. The summed E-state index contributed by atoms with van der Waals surface area (Å²) in [6.45, 7) is 2.08. The summed E-state index contributed by atoms with van der Waals surface area (Å²) in [4.78, 5) is 26.1. The van der Waals surface area contributed by atoms with Crippen LogP contribution in [-0.2, 0) is 6.42 Å². The molecule has 1 N–H and O–H groups in total. The van der Waals surface area contributed by atoms with Crippen molar-refractivity contribution in [3.63, 3.8) is 0 Å². The molecular weight excluding hydrogens is 378 g/mol. The first-order valence-electron chi connectivity index (χ1n) is 9.67. The summed E-state index contributed by atoms with van der Waals surface area (Å²) >= 11 is 0. The Balaban J connectivity index is 1.80. The molecule has 1 heterocycles. The van der Waals surface area contributed by atoms with E-state index in [0.29, 0.717) is 27.9 Å². The Hall–Kier alpha value is -3.93. The second-order valence-electron chi connectivity index (χ2n) is 6.81. The minimum absolute atomic E-state index is 0.181. The van der Waals surface area contributed by atoms with Gasteiger partial charge >= 0.3 is 0 Å². The van der Waals surface area contributed by atoms with Crippen LogP contribution in [-0.4, -0.2) is 22.8 Å². The lowest BCUT2D eigenvalue weighted by molar-refractivity contribution is 0.102. The number of benzene rings is 3. The first-order chi connectivity index (χ1) is 14.6. The number of rotatable bonds is 5. The molecule has 1 aromatic heterocycles. The van der Waals surface area contributed by atoms with Crippen molar-refractivity contribution in [2.45, 2.75) is 13.3 Å². The highest BCUT2D eigenvalue weighted by Gasteiger charge is 2.17. The Labute approximate surface area is 173 Å². The van der Waals surface area contributed by atoms with Crippen molar-refractivity contribution in [2.75, 3.05) is 12.4 Å². The predicted molar refractivity (Wildman–Crippen MR) is 118 cm³/mol. The fourth-order valence-electron chi connectivity index (χ4n) is 3.27. The second-order valence-corrected chi connectivity index (χ2v) is 6.81. The quantitative estimate of drug-likeness (QED) is 0.546. The van der Waals surface area contributed by atoms with E-state index in [0.717, 1.165) is 6.42 Å². The molecule has 0 radical (unpaired) electrons. The van der Waals surface area contributed by atoms with Crippen molar-refractivity contribution in [3.8, 4) is 11.4 Å². The Morgan fingerprint density at radius 3 is 2.27 bits per heavy atom. The maximum absolute atomic E-state index is 13.1. The van der Waals surface area contributed by atoms with Crippen LogP contribution >= 0.6 is 0 Å². The molecule has 0 saturated carbocycles. The highest BCUT2D eigenvalue weighted by Crippen LogP contribution is 2.19. The van der Waals surface area contributed by atoms with Crippen molar-refractivity contribution < 1.29 is 9.53 Å². The van der Waals surface area contributed by atoms with E-state index in [4.69, 9.17) is 4.74 Å². The van der Waals surface area contributed by atoms with Crippen molar-refractivity contribution in [1.82, 2.24) is 9.78 Å². The van der Waals surface area contributed by atoms with E-state index in [9.17, 15) is 9.59 Å². The maximum Gasteiger partial charge on any atom is 0.279 e. The first-order valence-corrected chi connectivity index (χ1v) is 9.67. The van der Waals surface area contributed by atoms with Crippen LogP contribution in [0.1, 0.15) is 23.0 Å². The number of amides is 1. The molecule has 3 aromatic carbocycles. The summed E-state index contributed by atoms with van der Waals surface area (Å²) < 4.78 is 6.43. The number of aromatic nitrogens is 2. The monoisotopic (exact) mass is 399 g/mol. The van der Waals surface area contributed by atoms with Gasteiger partial charge in [-0.25, -0.2) is 0 Å². The molecule has 4 rings (SSSR count). The van der Waals surface area contributed by atoms with E-state index >= 15 is 0 Å². The Morgan fingerprint density at radius 1 is 0.967 bits per heavy atom. The van der Waals surface area contributed by atoms with E-state index < -0.39 is 0 Å². The maximum atomic E-state index is 13.1. The van der Waals surface area contributed by atoms with E-state index in [-0.39, 0.29) is 17.2 Å². The van der Waals surface area contributed by atoms with Gasteiger partial charge in [-0.1, -0.05) is 37.3 Å². The lowest BCUT2D eigenvalue weighted by atomic mass is 10.1. The second kappa shape index (κ2) is 8.21. The number of carbonyl (C=O) groups excluding carboxylic acids is 1. The van der Waals surface area contributed by atoms with Crippen molar-refractivity contribution in [1.29, 1.82) is 0 Å². The molecule has 0 bridgehead atoms. The summed E-state index contributed by atoms with van der Waals surface area (Å²) in [6.07, 6.45) is 0.924. The van der Waals surface area contributed by atoms with Gasteiger partial charge in [0.25, 0.3) is 11.5 Å². The Bertz CT molecular complexity index is 1260. The van der Waals surface area contributed by atoms with Gasteiger partial charge in [0.15, 0.2) is 5.69 Å². The Kier molecular flexibility index (Phi) is 5.30. The number of ether oxygens (including phenoxy) is 1. The summed E-state index contributed by atoms with van der Waals surface area (Å²) in [5, 5.41) is 8.22. The van der Waals surface area contributed by atoms with E-state index in [1.165, 1.54) is 10.2 Å². The van der Waals surface area contributed by atoms with Gasteiger partial charge in [-0.15, -0.1) is 0 Å². The van der Waals surface area contributed by atoms with Gasteiger partial charge in [-0.3, -0.25) is 9.59 Å². The third-order valence-corrected chi connectivity index (χ3v) is 4.96. The van der Waals surface area contributed by atoms with Gasteiger partial charge in [0.05, 0.1) is 18.2 Å². The number of fused-ring (bicyclic) bond motifs is 1. The molecule has 0 aliphatic rings. The van der Waals surface area contributed by atoms with E-state index in [1.54, 1.807) is 55.6 Å². The molecule has 6 heteroatoms. The van der Waals surface area contributed by atoms with Gasteiger partial charge in [0.2, 0.25) is 0 Å². The number of hydrogen-bond acceptors (Lipinski definition) is 4. The smallest absolute Gasteiger partial charge is 0.279 e. The van der Waals surface area contributed by atoms with Gasteiger partial charge in [-0.2, -0.15) is 9.78 Å². The third kappa shape index (κ3) is 3.67. The topological polar surface area (TPSA) is 73.2 Å². The summed E-state index contributed by atoms with van der Waals surface area (Å²) in [5.41, 5.74) is 2.29. The molecule has 0 spiro atoms. The first kappa shape index (κ1) is 19.4. The minimum atomic E-state index is -0.377. The number of aryl methyl sites for hydroxylation is 1. The zero-order valence-corrected chi connectivity index (χ0v) is 16.8. The van der Waals surface area contributed by atoms with Crippen LogP contribution in [0.25, 0.3) is 16.5 Å². The number of carbonyl (C=O) groups is 1. The third-order valence-electron chi connectivity index (χ3n) is 4.96. The molecule has 0 fully saturated rings. The standard InChI is InChI=1S/C24H21N3O3/c1-3-16-8-10-17(11-9-16)25-23(28)22-20-6-4-5-7-21(20)24(29)27(26-22)18-12-14-19(30-2)15-13-18/h4-15H,3H2,1-2H3,(H,25,28). The molecule has 150 valence electrons. The SMILES string of the molecule is CCc1ccc(NC(=O)c2nn(-c3ccc(OC)cc3)c(=O)c3ccccc23)cc1. The molecule has 0 atom stereocenters. The summed E-state index contributed by atoms with van der Waals surface area (Å²) in [6, 6.07) is 21.6. The molecule has 0 unspecified atom stereocenters. The molecular formula is C24H21N3O3. The molecule has 0 saturated heterocycles. The van der Waals surface area contributed by atoms with E-state index in [2.05, 4.69) is 17.3 Å². The number of nitrogens with one attached hydrogen (secondary N) is 1. The summed E-state index contributed by atoms with van der Waals surface area (Å²) in [7, 11) is 1.57. The zero-order chi connectivity index (χ0) is 21.1. The van der Waals surface area contributed by atoms with Gasteiger partial charge in [0, 0.05) is 11.1 Å². The average Bonchev–Trinajstić information content (AvgIpc) is 2.80. The fraction of sp³-hybridized carbons (Fsp3) is 0.125. The van der Waals surface area contributed by atoms with Gasteiger partial charge < -0.3 is 10.1 Å². The van der Waals surface area contributed by atoms with Crippen LogP contribution in [0.2, 0.25) is 0 Å². The number of hydrogen-bond donors (Lipinski definition) is 1. The van der Waals surface area contributed by atoms with E-state index in [1.807, 2.05) is 24.3 Å². The van der Waals surface area contributed by atoms with Crippen LogP contribution in [0.3, 0.4) is 0 Å². The van der Waals surface area contributed by atoms with Crippen LogP contribution in [0, 0.1) is 0 Å². The molecule has 0 aliphatic heterocycles. The largest absolute Gasteiger partial charge is 0.497 e. The zero-order valence-electron chi connectivity index (χ0n) is 16.8. The lowest BCUT2D eigenvalue weighted by Gasteiger charge is -2.12. The van der Waals surface area contributed by atoms with Crippen molar-refractivity contribution in [3.05, 3.63) is 94.4 Å². The highest BCUT2D eigenvalue weighted by atomic mass is 16.5. The number of nitrogens with zero attached hydrogens (tertiary/aromatic N) is 2. The lowest BCUT2D eigenvalue weighted by Crippen LogP contribution is -2.26.